The highest BCUT2D eigenvalue weighted by Gasteiger charge is 2.25. The number of aromatic nitrogens is 3. The summed E-state index contributed by atoms with van der Waals surface area (Å²) in [4.78, 5) is 29.7. The highest BCUT2D eigenvalue weighted by molar-refractivity contribution is 7.14. The largest absolute Gasteiger partial charge is 0.397 e. The molecule has 2 aliphatic rings. The van der Waals surface area contributed by atoms with E-state index in [4.69, 9.17) is 11.5 Å². The van der Waals surface area contributed by atoms with E-state index < -0.39 is 0 Å². The number of carbonyl (C=O) groups is 1. The van der Waals surface area contributed by atoms with Gasteiger partial charge < -0.3 is 22.1 Å². The molecule has 178 valence electrons. The second-order valence-electron chi connectivity index (χ2n) is 9.05. The number of carbonyl (C=O) groups excluding carboxylic acids is 1. The first-order valence-corrected chi connectivity index (χ1v) is 12.6. The molecule has 3 aromatic rings. The number of piperidine rings is 1. The fourth-order valence-electron chi connectivity index (χ4n) is 4.11. The van der Waals surface area contributed by atoms with Crippen LogP contribution in [0.4, 0.5) is 17.2 Å². The van der Waals surface area contributed by atoms with Gasteiger partial charge in [-0.2, -0.15) is 0 Å². The fraction of sp³-hybridized carbons (Fsp3) is 0.417. The molecule has 1 amide bonds. The van der Waals surface area contributed by atoms with Crippen molar-refractivity contribution in [3.8, 4) is 10.7 Å². The third-order valence-corrected chi connectivity index (χ3v) is 7.32. The van der Waals surface area contributed by atoms with E-state index in [2.05, 4.69) is 30.5 Å². The van der Waals surface area contributed by atoms with Crippen molar-refractivity contribution in [3.05, 3.63) is 47.2 Å². The van der Waals surface area contributed by atoms with E-state index in [1.165, 1.54) is 4.88 Å². The maximum Gasteiger partial charge on any atom is 0.270 e. The molecule has 9 nitrogen and oxygen atoms in total. The molecule has 2 fully saturated rings. The smallest absolute Gasteiger partial charge is 0.270 e. The van der Waals surface area contributed by atoms with Crippen molar-refractivity contribution < 1.29 is 4.79 Å². The molecule has 1 saturated heterocycles. The summed E-state index contributed by atoms with van der Waals surface area (Å²) in [5.41, 5.74) is 14.0. The Hall–Kier alpha value is -3.24. The first kappa shape index (κ1) is 22.5. The lowest BCUT2D eigenvalue weighted by Gasteiger charge is -2.31. The number of hydrogen-bond donors (Lipinski definition) is 4. The van der Waals surface area contributed by atoms with Crippen LogP contribution in [0.15, 0.2) is 36.7 Å². The molecule has 6 N–H and O–H groups in total. The maximum atomic E-state index is 12.7. The van der Waals surface area contributed by atoms with E-state index in [-0.39, 0.29) is 5.91 Å². The van der Waals surface area contributed by atoms with Gasteiger partial charge in [0.25, 0.3) is 5.91 Å². The summed E-state index contributed by atoms with van der Waals surface area (Å²) >= 11 is 1.70. The second-order valence-corrected chi connectivity index (χ2v) is 10.2. The van der Waals surface area contributed by atoms with E-state index in [9.17, 15) is 4.79 Å². The standard InChI is InChI=1S/C24H30N8OS/c25-18-11-20(31-22(21(18)26)30-16-4-5-16)23(33)28-12-15-6-9-32(10-7-15)14-17-13-29-24(34-17)19-3-1-2-8-27-19/h1-3,8,11,13,15-16H,4-7,9-10,12,14,26H2,(H,28,33)(H3,25,30,31). The van der Waals surface area contributed by atoms with Gasteiger partial charge in [0.05, 0.1) is 17.1 Å². The van der Waals surface area contributed by atoms with Crippen LogP contribution in [0.25, 0.3) is 10.7 Å². The van der Waals surface area contributed by atoms with Crippen molar-refractivity contribution in [1.82, 2.24) is 25.2 Å². The van der Waals surface area contributed by atoms with E-state index in [1.807, 2.05) is 24.4 Å². The summed E-state index contributed by atoms with van der Waals surface area (Å²) in [6.07, 6.45) is 8.01. The summed E-state index contributed by atoms with van der Waals surface area (Å²) in [5.74, 6) is 0.746. The zero-order valence-corrected chi connectivity index (χ0v) is 19.9. The number of anilines is 3. The summed E-state index contributed by atoms with van der Waals surface area (Å²) in [5, 5.41) is 7.25. The molecular formula is C24H30N8OS. The van der Waals surface area contributed by atoms with Gasteiger partial charge in [0, 0.05) is 36.4 Å². The predicted octanol–water partition coefficient (Wildman–Crippen LogP) is 2.98. The molecule has 0 aromatic carbocycles. The van der Waals surface area contributed by atoms with Crippen LogP contribution in [0.5, 0.6) is 0 Å². The number of amides is 1. The van der Waals surface area contributed by atoms with E-state index in [1.54, 1.807) is 23.6 Å². The number of rotatable bonds is 8. The topological polar surface area (TPSA) is 135 Å². The van der Waals surface area contributed by atoms with Crippen molar-refractivity contribution in [2.45, 2.75) is 38.3 Å². The molecule has 34 heavy (non-hydrogen) atoms. The van der Waals surface area contributed by atoms with Crippen LogP contribution >= 0.6 is 11.3 Å². The van der Waals surface area contributed by atoms with Gasteiger partial charge in [-0.05, 0) is 62.9 Å². The van der Waals surface area contributed by atoms with Gasteiger partial charge in [0.1, 0.15) is 10.7 Å². The Kier molecular flexibility index (Phi) is 6.59. The molecule has 4 heterocycles. The number of nitrogens with one attached hydrogen (secondary N) is 2. The molecule has 0 spiro atoms. The van der Waals surface area contributed by atoms with Gasteiger partial charge >= 0.3 is 0 Å². The van der Waals surface area contributed by atoms with Crippen LogP contribution in [0.3, 0.4) is 0 Å². The molecule has 5 rings (SSSR count). The number of hydrogen-bond acceptors (Lipinski definition) is 9. The first-order chi connectivity index (χ1) is 16.5. The van der Waals surface area contributed by atoms with Crippen molar-refractivity contribution in [3.63, 3.8) is 0 Å². The number of nitrogen functional groups attached to an aromatic ring is 2. The second kappa shape index (κ2) is 9.94. The van der Waals surface area contributed by atoms with Crippen LogP contribution in [-0.2, 0) is 6.54 Å². The number of nitrogens with zero attached hydrogens (tertiary/aromatic N) is 4. The number of pyridine rings is 2. The molecule has 3 aromatic heterocycles. The van der Waals surface area contributed by atoms with Gasteiger partial charge in [0.15, 0.2) is 5.82 Å². The van der Waals surface area contributed by atoms with Crippen molar-refractivity contribution >= 4 is 34.4 Å². The number of likely N-dealkylation sites (tertiary alicyclic amines) is 1. The monoisotopic (exact) mass is 478 g/mol. The molecule has 10 heteroatoms. The molecule has 1 aliphatic heterocycles. The van der Waals surface area contributed by atoms with E-state index in [0.29, 0.717) is 41.4 Å². The van der Waals surface area contributed by atoms with Gasteiger partial charge in [-0.1, -0.05) is 6.07 Å². The zero-order valence-electron chi connectivity index (χ0n) is 19.0. The summed E-state index contributed by atoms with van der Waals surface area (Å²) in [7, 11) is 0. The predicted molar refractivity (Wildman–Crippen MR) is 135 cm³/mol. The Labute approximate surface area is 203 Å². The highest BCUT2D eigenvalue weighted by Crippen LogP contribution is 2.30. The minimum atomic E-state index is -0.209. The van der Waals surface area contributed by atoms with Crippen LogP contribution in [0.1, 0.15) is 41.0 Å². The van der Waals surface area contributed by atoms with Crippen LogP contribution < -0.4 is 22.1 Å². The Bertz CT molecular complexity index is 1140. The molecule has 0 unspecified atom stereocenters. The molecular weight excluding hydrogens is 448 g/mol. The van der Waals surface area contributed by atoms with Crippen molar-refractivity contribution in [2.75, 3.05) is 36.4 Å². The summed E-state index contributed by atoms with van der Waals surface area (Å²) in [6.45, 7) is 3.53. The molecule has 0 atom stereocenters. The van der Waals surface area contributed by atoms with Gasteiger partial charge in [0.2, 0.25) is 0 Å². The lowest BCUT2D eigenvalue weighted by molar-refractivity contribution is 0.0930. The van der Waals surface area contributed by atoms with Crippen molar-refractivity contribution in [2.24, 2.45) is 5.92 Å². The van der Waals surface area contributed by atoms with Gasteiger partial charge in [-0.15, -0.1) is 11.3 Å². The average Bonchev–Trinajstić information content (AvgIpc) is 3.56. The van der Waals surface area contributed by atoms with Gasteiger partial charge in [-0.3, -0.25) is 14.7 Å². The van der Waals surface area contributed by atoms with Crippen molar-refractivity contribution in [1.29, 1.82) is 0 Å². The first-order valence-electron chi connectivity index (χ1n) is 11.7. The Morgan fingerprint density at radius 3 is 2.71 bits per heavy atom. The quantitative estimate of drug-likeness (QED) is 0.388. The van der Waals surface area contributed by atoms with Crippen LogP contribution in [-0.4, -0.2) is 51.4 Å². The zero-order chi connectivity index (χ0) is 23.5. The Morgan fingerprint density at radius 1 is 1.15 bits per heavy atom. The maximum absolute atomic E-state index is 12.7. The lowest BCUT2D eigenvalue weighted by atomic mass is 9.96. The number of nitrogens with two attached hydrogens (primary N) is 2. The molecule has 0 bridgehead atoms. The lowest BCUT2D eigenvalue weighted by Crippen LogP contribution is -2.38. The third-order valence-electron chi connectivity index (χ3n) is 6.32. The molecule has 0 radical (unpaired) electrons. The van der Waals surface area contributed by atoms with Gasteiger partial charge in [-0.25, -0.2) is 9.97 Å². The fourth-order valence-corrected chi connectivity index (χ4v) is 5.04. The minimum Gasteiger partial charge on any atom is -0.397 e. The number of thiazole rings is 1. The summed E-state index contributed by atoms with van der Waals surface area (Å²) in [6, 6.07) is 7.82. The Morgan fingerprint density at radius 2 is 1.97 bits per heavy atom. The van der Waals surface area contributed by atoms with Crippen LogP contribution in [0.2, 0.25) is 0 Å². The normalized spacial score (nSPS) is 16.9. The molecule has 1 aliphatic carbocycles. The minimum absolute atomic E-state index is 0.209. The average molecular weight is 479 g/mol. The van der Waals surface area contributed by atoms with Crippen LogP contribution in [0, 0.1) is 5.92 Å². The third kappa shape index (κ3) is 5.45. The van der Waals surface area contributed by atoms with E-state index in [0.717, 1.165) is 56.0 Å². The SMILES string of the molecule is Nc1cc(C(=O)NCC2CCN(Cc3cnc(-c4ccccn4)s3)CC2)nc(NC2CC2)c1N. The highest BCUT2D eigenvalue weighted by atomic mass is 32.1. The molecule has 1 saturated carbocycles. The Balaban J connectivity index is 1.09. The summed E-state index contributed by atoms with van der Waals surface area (Å²) < 4.78 is 0. The van der Waals surface area contributed by atoms with E-state index >= 15 is 0 Å².